The molecule has 55 heavy (non-hydrogen) atoms. The van der Waals surface area contributed by atoms with Crippen molar-refractivity contribution in [2.24, 2.45) is 5.41 Å². The molecule has 0 atom stereocenters. The van der Waals surface area contributed by atoms with E-state index in [9.17, 15) is 5.26 Å². The quantitative estimate of drug-likeness (QED) is 0.123. The van der Waals surface area contributed by atoms with Crippen molar-refractivity contribution >= 4 is 39.6 Å². The molecule has 0 aliphatic rings. The van der Waals surface area contributed by atoms with Gasteiger partial charge in [-0.3, -0.25) is 0 Å². The van der Waals surface area contributed by atoms with E-state index in [1.54, 1.807) is 18.3 Å². The van der Waals surface area contributed by atoms with Gasteiger partial charge in [-0.15, -0.1) is 23.8 Å². The SMILES string of the molecule is [2H]C([2H])(c1ccnc(-c2[c-]cc3oc4c(-c5ccccc5)cccc4c3c2)c1)C(C)(C)C.[CH3][Ge]([CH3])([CH3])[c]1ccc(-c2[c-]cc(C#N)c(-c3ccccc3)c2)nc1.[Ir]. The molecule has 0 fully saturated rings. The van der Waals surface area contributed by atoms with Gasteiger partial charge in [-0.05, 0) is 29.1 Å². The molecule has 0 bridgehead atoms. The van der Waals surface area contributed by atoms with E-state index in [0.717, 1.165) is 61.0 Å². The molecular weight excluding hydrogens is 911 g/mol. The Morgan fingerprint density at radius 1 is 0.727 bits per heavy atom. The van der Waals surface area contributed by atoms with Crippen LogP contribution in [-0.4, -0.2) is 23.2 Å². The van der Waals surface area contributed by atoms with Crippen LogP contribution in [0.15, 0.2) is 144 Å². The number of rotatable bonds is 6. The summed E-state index contributed by atoms with van der Waals surface area (Å²) in [5.41, 5.74) is 9.79. The van der Waals surface area contributed by atoms with Crippen LogP contribution in [0.1, 0.15) is 34.6 Å². The maximum absolute atomic E-state index is 9.39. The minimum absolute atomic E-state index is 0. The van der Waals surface area contributed by atoms with Crippen molar-refractivity contribution in [2.75, 3.05) is 0 Å². The summed E-state index contributed by atoms with van der Waals surface area (Å²) >= 11 is -1.85. The smallest absolute Gasteiger partial charge is 0 e. The second kappa shape index (κ2) is 16.7. The number of benzene rings is 5. The third-order valence-electron chi connectivity index (χ3n) is 9.13. The van der Waals surface area contributed by atoms with E-state index in [-0.39, 0.29) is 20.1 Å². The zero-order chi connectivity index (χ0) is 39.7. The van der Waals surface area contributed by atoms with Crippen LogP contribution in [0, 0.1) is 28.9 Å². The topological polar surface area (TPSA) is 62.7 Å². The van der Waals surface area contributed by atoms with Crippen LogP contribution >= 0.6 is 0 Å². The number of nitrogens with zero attached hydrogens (tertiary/aromatic N) is 3. The van der Waals surface area contributed by atoms with Crippen LogP contribution in [-0.2, 0) is 26.5 Å². The van der Waals surface area contributed by atoms with E-state index in [0.29, 0.717) is 16.8 Å². The van der Waals surface area contributed by atoms with E-state index >= 15 is 0 Å². The van der Waals surface area contributed by atoms with Gasteiger partial charge in [-0.1, -0.05) is 86.3 Å². The molecule has 8 aromatic rings. The normalized spacial score (nSPS) is 12.2. The first-order chi connectivity index (χ1) is 26.7. The average Bonchev–Trinajstić information content (AvgIpc) is 3.59. The number of hydrogen-bond acceptors (Lipinski definition) is 4. The number of aromatic nitrogens is 2. The summed E-state index contributed by atoms with van der Waals surface area (Å²) in [7, 11) is 0. The van der Waals surface area contributed by atoms with Gasteiger partial charge in [0.1, 0.15) is 5.58 Å². The molecule has 0 amide bonds. The molecule has 6 heteroatoms. The Kier molecular flexibility index (Phi) is 11.2. The van der Waals surface area contributed by atoms with Crippen LogP contribution in [0.5, 0.6) is 0 Å². The molecule has 3 aromatic heterocycles. The molecule has 8 rings (SSSR count). The summed E-state index contributed by atoms with van der Waals surface area (Å²) < 4.78 is 24.8. The predicted octanol–water partition coefficient (Wildman–Crippen LogP) is 12.3. The Bertz CT molecular complexity index is 2690. The summed E-state index contributed by atoms with van der Waals surface area (Å²) in [4.78, 5) is 9.15. The Balaban J connectivity index is 0.000000197. The summed E-state index contributed by atoms with van der Waals surface area (Å²) in [6.45, 7) is 5.73. The zero-order valence-corrected chi connectivity index (χ0v) is 36.4. The number of hydrogen-bond donors (Lipinski definition) is 0. The van der Waals surface area contributed by atoms with Gasteiger partial charge in [-0.25, -0.2) is 0 Å². The van der Waals surface area contributed by atoms with Gasteiger partial charge in [0.05, 0.1) is 5.58 Å². The monoisotopic (exact) mass is 958 g/mol. The molecule has 0 spiro atoms. The zero-order valence-electron chi connectivity index (χ0n) is 33.9. The Morgan fingerprint density at radius 3 is 2.04 bits per heavy atom. The van der Waals surface area contributed by atoms with E-state index in [1.165, 1.54) is 4.40 Å². The van der Waals surface area contributed by atoms with E-state index in [1.807, 2.05) is 106 Å². The van der Waals surface area contributed by atoms with Crippen molar-refractivity contribution in [3.05, 3.63) is 163 Å². The third-order valence-corrected chi connectivity index (χ3v) is 13.4. The number of para-hydroxylation sites is 1. The maximum Gasteiger partial charge on any atom is 0 e. The van der Waals surface area contributed by atoms with Crippen LogP contribution in [0.2, 0.25) is 17.3 Å². The minimum Gasteiger partial charge on any atom is 0 e. The maximum atomic E-state index is 9.39. The van der Waals surface area contributed by atoms with Crippen molar-refractivity contribution < 1.29 is 27.3 Å². The van der Waals surface area contributed by atoms with Crippen LogP contribution < -0.4 is 4.40 Å². The van der Waals surface area contributed by atoms with Crippen molar-refractivity contribution in [3.8, 4) is 50.8 Å². The van der Waals surface area contributed by atoms with E-state index < -0.39 is 25.1 Å². The first-order valence-electron chi connectivity index (χ1n) is 19.1. The predicted molar refractivity (Wildman–Crippen MR) is 226 cm³/mol. The largest absolute Gasteiger partial charge is 0 e. The molecule has 3 heterocycles. The Labute approximate surface area is 343 Å². The fourth-order valence-electron chi connectivity index (χ4n) is 6.41. The molecule has 275 valence electrons. The van der Waals surface area contributed by atoms with Crippen molar-refractivity contribution in [3.63, 3.8) is 0 Å². The molecule has 4 nitrogen and oxygen atoms in total. The second-order valence-electron chi connectivity index (χ2n) is 15.4. The molecule has 0 aliphatic carbocycles. The first kappa shape index (κ1) is 36.8. The van der Waals surface area contributed by atoms with Gasteiger partial charge in [0, 0.05) is 40.0 Å². The number of nitriles is 1. The van der Waals surface area contributed by atoms with Gasteiger partial charge in [-0.2, -0.15) is 0 Å². The Hall–Kier alpha value is -5.12. The van der Waals surface area contributed by atoms with Gasteiger partial charge < -0.3 is 9.40 Å². The molecule has 0 saturated carbocycles. The van der Waals surface area contributed by atoms with Crippen molar-refractivity contribution in [2.45, 2.75) is 44.4 Å². The molecule has 0 saturated heterocycles. The summed E-state index contributed by atoms with van der Waals surface area (Å²) in [5, 5.41) is 11.4. The van der Waals surface area contributed by atoms with E-state index in [4.69, 9.17) is 7.16 Å². The molecule has 0 unspecified atom stereocenters. The van der Waals surface area contributed by atoms with Crippen LogP contribution in [0.3, 0.4) is 0 Å². The second-order valence-corrected chi connectivity index (χ2v) is 26.1. The third kappa shape index (κ3) is 9.23. The number of furan rings is 1. The van der Waals surface area contributed by atoms with Gasteiger partial charge in [0.15, 0.2) is 0 Å². The standard InChI is InChI=1S/C28H24NO.C21H19GeN2.Ir/c1-28(2,3)18-19-14-15-29-25(16-19)21-12-13-26-24(17-21)23-11-7-10-22(27(23)30-26)20-8-5-4-6-9-20;1-22(2,3)19-11-12-21(24-15-19)17-9-10-18(14-23)20(13-17)16-7-5-4-6-8-16;/h4-11,13-17H,18H2,1-3H3;4-8,10-13,15H,1-3H3;/q2*-1;/i18D2;;. The molecule has 1 radical (unpaired) electrons. The summed E-state index contributed by atoms with van der Waals surface area (Å²) in [6.07, 6.45) is 2.19. The van der Waals surface area contributed by atoms with E-state index in [2.05, 4.69) is 81.8 Å². The van der Waals surface area contributed by atoms with Crippen molar-refractivity contribution in [1.29, 1.82) is 5.26 Å². The molecule has 0 aliphatic heterocycles. The molecule has 0 N–H and O–H groups in total. The first-order valence-corrected chi connectivity index (χ1v) is 25.5. The Morgan fingerprint density at radius 2 is 1.40 bits per heavy atom. The summed E-state index contributed by atoms with van der Waals surface area (Å²) in [6, 6.07) is 50.6. The van der Waals surface area contributed by atoms with Gasteiger partial charge in [0.2, 0.25) is 0 Å². The minimum atomic E-state index is -1.85. The van der Waals surface area contributed by atoms with Gasteiger partial charge >= 0.3 is 146 Å². The molecule has 5 aromatic carbocycles. The average molecular weight is 957 g/mol. The van der Waals surface area contributed by atoms with Gasteiger partial charge in [0.25, 0.3) is 0 Å². The fraction of sp³-hybridized carbons (Fsp3) is 0.163. The number of fused-ring (bicyclic) bond motifs is 3. The summed E-state index contributed by atoms with van der Waals surface area (Å²) in [5.74, 6) is 7.08. The fourth-order valence-corrected chi connectivity index (χ4v) is 8.58. The van der Waals surface area contributed by atoms with Crippen LogP contribution in [0.25, 0.3) is 66.7 Å². The number of pyridine rings is 2. The van der Waals surface area contributed by atoms with Crippen LogP contribution in [0.4, 0.5) is 0 Å². The molecular formula is C49H43GeIrN3O-2. The van der Waals surface area contributed by atoms with Crippen molar-refractivity contribution in [1.82, 2.24) is 9.97 Å².